The Morgan fingerprint density at radius 3 is 2.67 bits per heavy atom. The first kappa shape index (κ1) is 16.2. The van der Waals surface area contributed by atoms with Crippen molar-refractivity contribution in [2.75, 3.05) is 4.72 Å². The number of alkyl halides is 2. The van der Waals surface area contributed by atoms with Gasteiger partial charge in [-0.3, -0.25) is 4.72 Å². The number of benzene rings is 1. The van der Waals surface area contributed by atoms with Crippen LogP contribution in [0.25, 0.3) is 0 Å². The number of aliphatic hydroxyl groups is 1. The minimum Gasteiger partial charge on any atom is -0.391 e. The predicted molar refractivity (Wildman–Crippen MR) is 79.4 cm³/mol. The summed E-state index contributed by atoms with van der Waals surface area (Å²) in [5, 5.41) is 10.7. The monoisotopic (exact) mass is 351 g/mol. The third-order valence-electron chi connectivity index (χ3n) is 2.49. The van der Waals surface area contributed by atoms with E-state index in [1.807, 2.05) is 0 Å². The summed E-state index contributed by atoms with van der Waals surface area (Å²) >= 11 is 1.37. The van der Waals surface area contributed by atoms with E-state index in [-0.39, 0.29) is 27.2 Å². The van der Waals surface area contributed by atoms with Crippen molar-refractivity contribution in [2.45, 2.75) is 22.2 Å². The number of hydrogen-bond acceptors (Lipinski definition) is 5. The van der Waals surface area contributed by atoms with Gasteiger partial charge < -0.3 is 5.11 Å². The number of rotatable bonds is 6. The number of aliphatic hydroxyl groups excluding tert-OH is 1. The highest BCUT2D eigenvalue weighted by atomic mass is 32.2. The highest BCUT2D eigenvalue weighted by Crippen LogP contribution is 2.33. The summed E-state index contributed by atoms with van der Waals surface area (Å²) in [6, 6.07) is 7.28. The van der Waals surface area contributed by atoms with Crippen LogP contribution in [0.4, 0.5) is 14.5 Å². The molecule has 0 fully saturated rings. The molecule has 0 radical (unpaired) electrons. The molecule has 0 aliphatic carbocycles. The minimum atomic E-state index is -3.93. The van der Waals surface area contributed by atoms with Crippen molar-refractivity contribution in [3.05, 3.63) is 40.6 Å². The third-order valence-corrected chi connectivity index (χ3v) is 5.76. The van der Waals surface area contributed by atoms with Gasteiger partial charge in [-0.1, -0.05) is 23.9 Å². The molecule has 0 bridgehead atoms. The average Bonchev–Trinajstić information content (AvgIpc) is 2.89. The number of sulfonamides is 1. The Balaban J connectivity index is 2.33. The molecule has 2 N–H and O–H groups in total. The first-order valence-corrected chi connectivity index (χ1v) is 8.92. The summed E-state index contributed by atoms with van der Waals surface area (Å²) in [7, 11) is -3.93. The summed E-state index contributed by atoms with van der Waals surface area (Å²) in [4.78, 5) is 0.380. The number of thioether (sulfide) groups is 1. The van der Waals surface area contributed by atoms with E-state index < -0.39 is 22.4 Å². The maximum atomic E-state index is 12.5. The highest BCUT2D eigenvalue weighted by molar-refractivity contribution is 7.99. The van der Waals surface area contributed by atoms with E-state index in [0.29, 0.717) is 4.88 Å². The van der Waals surface area contributed by atoms with Crippen LogP contribution in [0.3, 0.4) is 0 Å². The number of para-hydroxylation sites is 1. The van der Waals surface area contributed by atoms with Crippen molar-refractivity contribution in [3.8, 4) is 0 Å². The van der Waals surface area contributed by atoms with Gasteiger partial charge in [-0.2, -0.15) is 8.78 Å². The first-order chi connectivity index (χ1) is 9.94. The normalized spacial score (nSPS) is 11.8. The molecule has 1 aromatic heterocycles. The van der Waals surface area contributed by atoms with Gasteiger partial charge in [0.25, 0.3) is 15.8 Å². The Morgan fingerprint density at radius 1 is 1.29 bits per heavy atom. The molecule has 9 heteroatoms. The summed E-state index contributed by atoms with van der Waals surface area (Å²) in [5.41, 5.74) is 0.0814. The van der Waals surface area contributed by atoms with E-state index in [2.05, 4.69) is 4.72 Å². The molecule has 2 rings (SSSR count). The Kier molecular flexibility index (Phi) is 5.20. The van der Waals surface area contributed by atoms with Crippen molar-refractivity contribution < 1.29 is 22.3 Å². The second-order valence-corrected chi connectivity index (χ2v) is 7.53. The van der Waals surface area contributed by atoms with Crippen molar-refractivity contribution in [3.63, 3.8) is 0 Å². The van der Waals surface area contributed by atoms with Crippen molar-refractivity contribution in [1.82, 2.24) is 0 Å². The van der Waals surface area contributed by atoms with Crippen LogP contribution < -0.4 is 4.72 Å². The van der Waals surface area contributed by atoms with Crippen LogP contribution in [0.1, 0.15) is 4.88 Å². The smallest absolute Gasteiger partial charge is 0.288 e. The lowest BCUT2D eigenvalue weighted by Crippen LogP contribution is -2.14. The SMILES string of the molecule is O=S(=O)(Nc1ccccc1SC(F)F)c1ccsc1CO. The van der Waals surface area contributed by atoms with Gasteiger partial charge in [0.1, 0.15) is 4.90 Å². The van der Waals surface area contributed by atoms with Crippen LogP contribution >= 0.6 is 23.1 Å². The lowest BCUT2D eigenvalue weighted by Gasteiger charge is -2.12. The molecule has 0 unspecified atom stereocenters. The van der Waals surface area contributed by atoms with E-state index in [1.165, 1.54) is 18.2 Å². The van der Waals surface area contributed by atoms with E-state index in [4.69, 9.17) is 5.11 Å². The zero-order valence-corrected chi connectivity index (χ0v) is 12.9. The van der Waals surface area contributed by atoms with Crippen molar-refractivity contribution in [1.29, 1.82) is 0 Å². The molecule has 0 aliphatic rings. The molecule has 0 spiro atoms. The third kappa shape index (κ3) is 3.94. The molecule has 0 amide bonds. The van der Waals surface area contributed by atoms with Gasteiger partial charge in [0.05, 0.1) is 17.2 Å². The van der Waals surface area contributed by atoms with Crippen LogP contribution in [-0.4, -0.2) is 19.3 Å². The minimum absolute atomic E-state index is 0.0492. The fraction of sp³-hybridized carbons (Fsp3) is 0.167. The van der Waals surface area contributed by atoms with Crippen LogP contribution in [0.15, 0.2) is 45.5 Å². The van der Waals surface area contributed by atoms with Gasteiger partial charge in [0.2, 0.25) is 0 Å². The largest absolute Gasteiger partial charge is 0.391 e. The maximum absolute atomic E-state index is 12.5. The molecule has 0 aliphatic heterocycles. The van der Waals surface area contributed by atoms with E-state index in [0.717, 1.165) is 11.3 Å². The van der Waals surface area contributed by atoms with Crippen LogP contribution in [0, 0.1) is 0 Å². The number of halogens is 2. The summed E-state index contributed by atoms with van der Waals surface area (Å²) in [6.07, 6.45) is 0. The summed E-state index contributed by atoms with van der Waals surface area (Å²) in [5.74, 6) is -2.65. The molecule has 2 aromatic rings. The molecule has 4 nitrogen and oxygen atoms in total. The predicted octanol–water partition coefficient (Wildman–Crippen LogP) is 3.36. The fourth-order valence-electron chi connectivity index (χ4n) is 1.63. The average molecular weight is 351 g/mol. The number of thiophene rings is 1. The number of anilines is 1. The maximum Gasteiger partial charge on any atom is 0.288 e. The van der Waals surface area contributed by atoms with Crippen LogP contribution in [0.2, 0.25) is 0 Å². The van der Waals surface area contributed by atoms with Crippen molar-refractivity contribution in [2.24, 2.45) is 0 Å². The van der Waals surface area contributed by atoms with Gasteiger partial charge in [-0.25, -0.2) is 8.42 Å². The lowest BCUT2D eigenvalue weighted by atomic mass is 10.3. The Bertz CT molecular complexity index is 716. The molecule has 1 aromatic carbocycles. The quantitative estimate of drug-likeness (QED) is 0.783. The molecule has 0 saturated heterocycles. The molecular formula is C12H11F2NO3S3. The van der Waals surface area contributed by atoms with E-state index in [1.54, 1.807) is 17.5 Å². The molecule has 0 saturated carbocycles. The lowest BCUT2D eigenvalue weighted by molar-refractivity contribution is 0.252. The topological polar surface area (TPSA) is 66.4 Å². The zero-order valence-electron chi connectivity index (χ0n) is 10.5. The Morgan fingerprint density at radius 2 is 2.00 bits per heavy atom. The number of hydrogen-bond donors (Lipinski definition) is 2. The molecule has 1 heterocycles. The zero-order chi connectivity index (χ0) is 15.5. The Hall–Kier alpha value is -1.16. The standard InChI is InChI=1S/C12H11F2NO3S3/c13-12(14)20-9-4-2-1-3-8(9)15-21(17,18)11-5-6-19-10(11)7-16/h1-6,12,15-16H,7H2. The second-order valence-electron chi connectivity index (χ2n) is 3.85. The molecule has 114 valence electrons. The summed E-state index contributed by atoms with van der Waals surface area (Å²) < 4.78 is 51.8. The van der Waals surface area contributed by atoms with Gasteiger partial charge in [-0.15, -0.1) is 11.3 Å². The fourth-order valence-corrected chi connectivity index (χ4v) is 4.67. The molecule has 0 atom stereocenters. The molecule has 21 heavy (non-hydrogen) atoms. The highest BCUT2D eigenvalue weighted by Gasteiger charge is 2.21. The van der Waals surface area contributed by atoms with Gasteiger partial charge in [-0.05, 0) is 23.6 Å². The second kappa shape index (κ2) is 6.73. The van der Waals surface area contributed by atoms with Gasteiger partial charge in [0.15, 0.2) is 0 Å². The van der Waals surface area contributed by atoms with Crippen LogP contribution in [-0.2, 0) is 16.6 Å². The van der Waals surface area contributed by atoms with E-state index >= 15 is 0 Å². The van der Waals surface area contributed by atoms with Gasteiger partial charge >= 0.3 is 0 Å². The number of nitrogens with one attached hydrogen (secondary N) is 1. The van der Waals surface area contributed by atoms with Crippen molar-refractivity contribution >= 4 is 38.8 Å². The molecular weight excluding hydrogens is 340 g/mol. The first-order valence-electron chi connectivity index (χ1n) is 5.68. The summed E-state index contributed by atoms with van der Waals surface area (Å²) in [6.45, 7) is -0.401. The van der Waals surface area contributed by atoms with Crippen LogP contribution in [0.5, 0.6) is 0 Å². The van der Waals surface area contributed by atoms with E-state index in [9.17, 15) is 17.2 Å². The van der Waals surface area contributed by atoms with Gasteiger partial charge in [0, 0.05) is 4.90 Å². The Labute approximate surface area is 128 Å².